The summed E-state index contributed by atoms with van der Waals surface area (Å²) in [7, 11) is 0. The first kappa shape index (κ1) is 18.4. The van der Waals surface area contributed by atoms with Crippen LogP contribution in [0, 0.1) is 13.8 Å². The van der Waals surface area contributed by atoms with Gasteiger partial charge in [-0.05, 0) is 50.2 Å². The lowest BCUT2D eigenvalue weighted by Crippen LogP contribution is -2.11. The summed E-state index contributed by atoms with van der Waals surface area (Å²) in [6, 6.07) is 16.3. The maximum atomic E-state index is 12.4. The number of aryl methyl sites for hydroxylation is 2. The van der Waals surface area contributed by atoms with E-state index in [1.165, 1.54) is 0 Å². The second-order valence-corrected chi connectivity index (χ2v) is 6.53. The van der Waals surface area contributed by atoms with Crippen molar-refractivity contribution in [1.82, 2.24) is 19.5 Å². The second-order valence-electron chi connectivity index (χ2n) is 6.53. The molecule has 0 aliphatic heterocycles. The number of carbonyl (C=O) groups excluding carboxylic acids is 1. The highest BCUT2D eigenvalue weighted by molar-refractivity contribution is 6.04. The van der Waals surface area contributed by atoms with Gasteiger partial charge in [-0.3, -0.25) is 9.36 Å². The zero-order chi connectivity index (χ0) is 20.2. The molecule has 2 heterocycles. The van der Waals surface area contributed by atoms with Gasteiger partial charge < -0.3 is 10.1 Å². The molecule has 0 aliphatic carbocycles. The van der Waals surface area contributed by atoms with Gasteiger partial charge >= 0.3 is 0 Å². The summed E-state index contributed by atoms with van der Waals surface area (Å²) in [5, 5.41) is 2.88. The Morgan fingerprint density at radius 1 is 1.03 bits per heavy atom. The summed E-state index contributed by atoms with van der Waals surface area (Å²) >= 11 is 0. The maximum Gasteiger partial charge on any atom is 0.255 e. The molecule has 144 valence electrons. The van der Waals surface area contributed by atoms with Crippen molar-refractivity contribution in [3.63, 3.8) is 0 Å². The van der Waals surface area contributed by atoms with Crippen LogP contribution in [-0.2, 0) is 0 Å². The van der Waals surface area contributed by atoms with Gasteiger partial charge in [0.05, 0.1) is 0 Å². The highest BCUT2D eigenvalue weighted by atomic mass is 16.5. The smallest absolute Gasteiger partial charge is 0.255 e. The molecule has 2 aromatic heterocycles. The van der Waals surface area contributed by atoms with E-state index < -0.39 is 0 Å². The molecule has 0 saturated heterocycles. The Kier molecular flexibility index (Phi) is 5.03. The van der Waals surface area contributed by atoms with Crippen molar-refractivity contribution in [3.05, 3.63) is 90.3 Å². The predicted molar refractivity (Wildman–Crippen MR) is 110 cm³/mol. The molecule has 4 aromatic rings. The van der Waals surface area contributed by atoms with Crippen molar-refractivity contribution >= 4 is 11.6 Å². The lowest BCUT2D eigenvalue weighted by Gasteiger charge is -2.10. The highest BCUT2D eigenvalue weighted by Crippen LogP contribution is 2.23. The van der Waals surface area contributed by atoms with Crippen LogP contribution >= 0.6 is 0 Å². The van der Waals surface area contributed by atoms with Gasteiger partial charge in [-0.15, -0.1) is 0 Å². The van der Waals surface area contributed by atoms with E-state index in [0.29, 0.717) is 34.5 Å². The normalized spacial score (nSPS) is 10.6. The van der Waals surface area contributed by atoms with E-state index in [1.807, 2.05) is 25.1 Å². The summed E-state index contributed by atoms with van der Waals surface area (Å²) in [5.74, 6) is 2.14. The Balaban J connectivity index is 1.47. The Morgan fingerprint density at radius 2 is 1.86 bits per heavy atom. The van der Waals surface area contributed by atoms with Crippen LogP contribution in [0.15, 0.2) is 73.3 Å². The zero-order valence-corrected chi connectivity index (χ0v) is 16.0. The molecule has 29 heavy (non-hydrogen) atoms. The topological polar surface area (TPSA) is 81.9 Å². The van der Waals surface area contributed by atoms with Gasteiger partial charge in [-0.1, -0.05) is 17.7 Å². The molecule has 0 radical (unpaired) electrons. The van der Waals surface area contributed by atoms with E-state index in [9.17, 15) is 4.79 Å². The lowest BCUT2D eigenvalue weighted by atomic mass is 10.1. The van der Waals surface area contributed by atoms with Gasteiger partial charge in [0.15, 0.2) is 0 Å². The molecule has 0 fully saturated rings. The van der Waals surface area contributed by atoms with E-state index in [0.717, 1.165) is 5.56 Å². The first-order valence-electron chi connectivity index (χ1n) is 9.07. The van der Waals surface area contributed by atoms with Crippen molar-refractivity contribution in [2.45, 2.75) is 13.8 Å². The van der Waals surface area contributed by atoms with Crippen molar-refractivity contribution in [2.24, 2.45) is 0 Å². The van der Waals surface area contributed by atoms with Crippen LogP contribution < -0.4 is 10.1 Å². The summed E-state index contributed by atoms with van der Waals surface area (Å²) < 4.78 is 7.64. The minimum Gasteiger partial charge on any atom is -0.439 e. The van der Waals surface area contributed by atoms with Crippen LogP contribution in [0.2, 0.25) is 0 Å². The molecule has 0 saturated carbocycles. The second kappa shape index (κ2) is 7.93. The fourth-order valence-electron chi connectivity index (χ4n) is 2.82. The van der Waals surface area contributed by atoms with Crippen LogP contribution in [0.1, 0.15) is 21.7 Å². The summed E-state index contributed by atoms with van der Waals surface area (Å²) in [6.45, 7) is 3.76. The molecule has 0 bridgehead atoms. The van der Waals surface area contributed by atoms with E-state index in [1.54, 1.807) is 66.6 Å². The van der Waals surface area contributed by atoms with Crippen LogP contribution in [0.5, 0.6) is 11.6 Å². The number of imidazole rings is 1. The molecule has 1 amide bonds. The molecule has 1 N–H and O–H groups in total. The summed E-state index contributed by atoms with van der Waals surface area (Å²) in [5.41, 5.74) is 2.34. The fraction of sp³-hybridized carbons (Fsp3) is 0.0909. The molecule has 4 rings (SSSR count). The van der Waals surface area contributed by atoms with Crippen LogP contribution in [0.3, 0.4) is 0 Å². The third-order valence-corrected chi connectivity index (χ3v) is 4.18. The van der Waals surface area contributed by atoms with Gasteiger partial charge in [-0.25, -0.2) is 9.97 Å². The minimum absolute atomic E-state index is 0.154. The average Bonchev–Trinajstić information content (AvgIpc) is 3.24. The molecule has 0 atom stereocenters. The molecular weight excluding hydrogens is 366 g/mol. The van der Waals surface area contributed by atoms with Gasteiger partial charge in [0.25, 0.3) is 5.91 Å². The molecule has 0 aliphatic rings. The number of amides is 1. The maximum absolute atomic E-state index is 12.4. The average molecular weight is 385 g/mol. The number of nitrogens with zero attached hydrogens (tertiary/aromatic N) is 4. The van der Waals surface area contributed by atoms with E-state index >= 15 is 0 Å². The molecule has 2 aromatic carbocycles. The zero-order valence-electron chi connectivity index (χ0n) is 16.0. The number of rotatable bonds is 5. The Hall–Kier alpha value is -4.00. The molecule has 7 heteroatoms. The minimum atomic E-state index is -0.154. The number of hydrogen-bond acceptors (Lipinski definition) is 5. The number of hydrogen-bond donors (Lipinski definition) is 1. The SMILES string of the molecule is Cc1cccc(C(=O)Nc2ccc(Oc3cc(-n4ccnc4)nc(C)n3)cc2)c1. The van der Waals surface area contributed by atoms with Crippen LogP contribution in [-0.4, -0.2) is 25.4 Å². The fourth-order valence-corrected chi connectivity index (χ4v) is 2.82. The first-order valence-corrected chi connectivity index (χ1v) is 9.07. The van der Waals surface area contributed by atoms with Crippen molar-refractivity contribution in [1.29, 1.82) is 0 Å². The van der Waals surface area contributed by atoms with Gasteiger partial charge in [0.2, 0.25) is 5.88 Å². The van der Waals surface area contributed by atoms with Crippen LogP contribution in [0.25, 0.3) is 5.82 Å². The van der Waals surface area contributed by atoms with Crippen molar-refractivity contribution in [2.75, 3.05) is 5.32 Å². The van der Waals surface area contributed by atoms with Crippen molar-refractivity contribution < 1.29 is 9.53 Å². The number of benzene rings is 2. The number of nitrogens with one attached hydrogen (secondary N) is 1. The standard InChI is InChI=1S/C22H19N5O2/c1-15-4-3-5-17(12-15)22(28)26-18-6-8-19(9-7-18)29-21-13-20(24-16(2)25-21)27-11-10-23-14-27/h3-14H,1-2H3,(H,26,28). The molecule has 0 spiro atoms. The van der Waals surface area contributed by atoms with Crippen molar-refractivity contribution in [3.8, 4) is 17.4 Å². The molecule has 7 nitrogen and oxygen atoms in total. The Morgan fingerprint density at radius 3 is 2.59 bits per heavy atom. The van der Waals surface area contributed by atoms with E-state index in [2.05, 4.69) is 20.3 Å². The first-order chi connectivity index (χ1) is 14.1. The van der Waals surface area contributed by atoms with Crippen LogP contribution in [0.4, 0.5) is 5.69 Å². The van der Waals surface area contributed by atoms with Gasteiger partial charge in [0.1, 0.15) is 23.7 Å². The Bertz CT molecular complexity index is 1140. The number of carbonyl (C=O) groups is 1. The summed E-state index contributed by atoms with van der Waals surface area (Å²) in [4.78, 5) is 25.1. The Labute approximate surface area is 168 Å². The third kappa shape index (κ3) is 4.47. The number of anilines is 1. The largest absolute Gasteiger partial charge is 0.439 e. The van der Waals surface area contributed by atoms with E-state index in [4.69, 9.17) is 4.74 Å². The lowest BCUT2D eigenvalue weighted by molar-refractivity contribution is 0.102. The van der Waals surface area contributed by atoms with Gasteiger partial charge in [0, 0.05) is 29.7 Å². The number of aromatic nitrogens is 4. The monoisotopic (exact) mass is 385 g/mol. The quantitative estimate of drug-likeness (QED) is 0.553. The molecular formula is C22H19N5O2. The number of ether oxygens (including phenoxy) is 1. The third-order valence-electron chi connectivity index (χ3n) is 4.18. The highest BCUT2D eigenvalue weighted by Gasteiger charge is 2.08. The van der Waals surface area contributed by atoms with E-state index in [-0.39, 0.29) is 5.91 Å². The summed E-state index contributed by atoms with van der Waals surface area (Å²) in [6.07, 6.45) is 5.15. The predicted octanol–water partition coefficient (Wildman–Crippen LogP) is 4.32. The molecule has 0 unspecified atom stereocenters. The van der Waals surface area contributed by atoms with Gasteiger partial charge in [-0.2, -0.15) is 4.98 Å².